The molecule has 0 atom stereocenters. The minimum Gasteiger partial charge on any atom is -0.488 e. The molecule has 9 nitrogen and oxygen atoms in total. The summed E-state index contributed by atoms with van der Waals surface area (Å²) in [6.45, 7) is 1.46. The number of rotatable bonds is 11. The van der Waals surface area contributed by atoms with Crippen LogP contribution in [0.4, 0.5) is 21.6 Å². The zero-order valence-electron chi connectivity index (χ0n) is 22.0. The highest BCUT2D eigenvalue weighted by Crippen LogP contribution is 2.36. The monoisotopic (exact) mass is 632 g/mol. The Morgan fingerprint density at radius 3 is 2.80 bits per heavy atom. The van der Waals surface area contributed by atoms with Gasteiger partial charge in [-0.15, -0.1) is 0 Å². The van der Waals surface area contributed by atoms with Crippen molar-refractivity contribution in [2.45, 2.75) is 56.0 Å². The van der Waals surface area contributed by atoms with Crippen LogP contribution in [0.3, 0.4) is 0 Å². The van der Waals surface area contributed by atoms with Gasteiger partial charge >= 0.3 is 0 Å². The molecule has 2 aromatic heterocycles. The Labute approximate surface area is 253 Å². The second kappa shape index (κ2) is 13.2. The Morgan fingerprint density at radius 1 is 1.24 bits per heavy atom. The Hall–Kier alpha value is -3.13. The van der Waals surface area contributed by atoms with Crippen molar-refractivity contribution in [3.8, 4) is 5.75 Å². The van der Waals surface area contributed by atoms with Gasteiger partial charge in [-0.25, -0.2) is 19.0 Å². The molecule has 0 aliphatic heterocycles. The first-order chi connectivity index (χ1) is 19.7. The molecule has 4 aromatic rings. The molecule has 0 radical (unpaired) electrons. The molecular formula is C27H26ClFN6O3S3. The molecule has 5 rings (SSSR count). The molecule has 214 valence electrons. The van der Waals surface area contributed by atoms with Gasteiger partial charge in [-0.1, -0.05) is 34.7 Å². The van der Waals surface area contributed by atoms with Crippen molar-refractivity contribution >= 4 is 86.7 Å². The van der Waals surface area contributed by atoms with E-state index in [0.29, 0.717) is 54.3 Å². The van der Waals surface area contributed by atoms with E-state index in [2.05, 4.69) is 25.7 Å². The van der Waals surface area contributed by atoms with Gasteiger partial charge in [-0.3, -0.25) is 9.59 Å². The van der Waals surface area contributed by atoms with Gasteiger partial charge in [0.25, 0.3) is 0 Å². The third-order valence-electron chi connectivity index (χ3n) is 6.35. The molecule has 1 amide bonds. The molecule has 0 spiro atoms. The van der Waals surface area contributed by atoms with Crippen LogP contribution >= 0.6 is 46.9 Å². The fourth-order valence-corrected chi connectivity index (χ4v) is 6.95. The first-order valence-electron chi connectivity index (χ1n) is 12.9. The van der Waals surface area contributed by atoms with Crippen LogP contribution in [0.1, 0.15) is 39.0 Å². The zero-order chi connectivity index (χ0) is 28.9. The Morgan fingerprint density at radius 2 is 2.05 bits per heavy atom. The molecule has 2 heterocycles. The number of carbonyl (C=O) groups excluding carboxylic acids is 2. The van der Waals surface area contributed by atoms with Crippen molar-refractivity contribution in [2.24, 2.45) is 0 Å². The van der Waals surface area contributed by atoms with Crippen molar-refractivity contribution in [1.82, 2.24) is 19.7 Å². The van der Waals surface area contributed by atoms with Crippen LogP contribution in [0.5, 0.6) is 5.75 Å². The van der Waals surface area contributed by atoms with Crippen molar-refractivity contribution in [1.29, 1.82) is 0 Å². The first-order valence-corrected chi connectivity index (χ1v) is 15.5. The van der Waals surface area contributed by atoms with Gasteiger partial charge in [-0.2, -0.15) is 5.10 Å². The van der Waals surface area contributed by atoms with Crippen molar-refractivity contribution in [3.63, 3.8) is 0 Å². The molecular weight excluding hydrogens is 607 g/mol. The quantitative estimate of drug-likeness (QED) is 0.131. The van der Waals surface area contributed by atoms with Gasteiger partial charge < -0.3 is 15.4 Å². The molecule has 2 N–H and O–H groups in total. The highest BCUT2D eigenvalue weighted by molar-refractivity contribution is 8.01. The molecule has 0 bridgehead atoms. The van der Waals surface area contributed by atoms with Crippen molar-refractivity contribution in [3.05, 3.63) is 51.5 Å². The number of ketones is 1. The highest BCUT2D eigenvalue weighted by atomic mass is 35.5. The summed E-state index contributed by atoms with van der Waals surface area (Å²) in [6, 6.07) is 7.83. The number of nitrogens with zero attached hydrogens (tertiary/aromatic N) is 4. The number of hydrogen-bond acceptors (Lipinski definition) is 10. The fourth-order valence-electron chi connectivity index (χ4n) is 4.33. The van der Waals surface area contributed by atoms with E-state index in [4.69, 9.17) is 28.6 Å². The van der Waals surface area contributed by atoms with Crippen LogP contribution in [-0.4, -0.2) is 43.3 Å². The number of halogens is 2. The molecule has 14 heteroatoms. The summed E-state index contributed by atoms with van der Waals surface area (Å²) in [7, 11) is 0. The predicted octanol–water partition coefficient (Wildman–Crippen LogP) is 7.18. The van der Waals surface area contributed by atoms with E-state index in [9.17, 15) is 14.0 Å². The lowest BCUT2D eigenvalue weighted by Crippen LogP contribution is -2.21. The lowest BCUT2D eigenvalue weighted by molar-refractivity contribution is -0.117. The number of fused-ring (bicyclic) bond motifs is 1. The number of benzene rings is 2. The fraction of sp³-hybridized carbons (Fsp3) is 0.333. The molecule has 1 saturated carbocycles. The van der Waals surface area contributed by atoms with E-state index in [1.807, 2.05) is 0 Å². The van der Waals surface area contributed by atoms with Gasteiger partial charge in [0.05, 0.1) is 22.3 Å². The van der Waals surface area contributed by atoms with Crippen LogP contribution in [0.15, 0.2) is 41.0 Å². The smallest absolute Gasteiger partial charge is 0.246 e. The summed E-state index contributed by atoms with van der Waals surface area (Å²) in [4.78, 5) is 33.2. The summed E-state index contributed by atoms with van der Waals surface area (Å²) in [6.07, 6.45) is 5.96. The maximum atomic E-state index is 13.7. The number of ether oxygens (including phenoxy) is 1. The van der Waals surface area contributed by atoms with Gasteiger partial charge in [0.2, 0.25) is 5.91 Å². The lowest BCUT2D eigenvalue weighted by atomic mass is 10.1. The number of hydrogen-bond donors (Lipinski definition) is 2. The first kappa shape index (κ1) is 29.4. The minimum absolute atomic E-state index is 0.0189. The van der Waals surface area contributed by atoms with Crippen LogP contribution in [0, 0.1) is 9.77 Å². The van der Waals surface area contributed by atoms with Crippen LogP contribution in [0.25, 0.3) is 10.9 Å². The largest absolute Gasteiger partial charge is 0.488 e. The van der Waals surface area contributed by atoms with Gasteiger partial charge in [0, 0.05) is 29.3 Å². The third-order valence-corrected chi connectivity index (χ3v) is 9.08. The van der Waals surface area contributed by atoms with E-state index < -0.39 is 5.82 Å². The SMILES string of the molecule is CC(=O)CCSc1nn(CC(=O)Nc2cc3c(Nc4ccc(F)c(Cl)c4)ncnc3cc2OC2CCCC2)c(=S)s1. The summed E-state index contributed by atoms with van der Waals surface area (Å²) in [5.74, 6) is 0.815. The predicted molar refractivity (Wildman–Crippen MR) is 163 cm³/mol. The van der Waals surface area contributed by atoms with Gasteiger partial charge in [0.1, 0.15) is 36.0 Å². The number of Topliss-reactive ketones (excluding diaryl/α,β-unsaturated/α-hetero) is 1. The number of amides is 1. The summed E-state index contributed by atoms with van der Waals surface area (Å²) >= 11 is 14.1. The number of thioether (sulfide) groups is 1. The molecule has 1 aliphatic carbocycles. The van der Waals surface area contributed by atoms with E-state index in [0.717, 1.165) is 25.7 Å². The maximum Gasteiger partial charge on any atom is 0.246 e. The molecule has 0 unspecified atom stereocenters. The number of anilines is 3. The zero-order valence-corrected chi connectivity index (χ0v) is 25.2. The Bertz CT molecular complexity index is 1660. The molecule has 41 heavy (non-hydrogen) atoms. The third kappa shape index (κ3) is 7.59. The maximum absolute atomic E-state index is 13.7. The second-order valence-corrected chi connectivity index (χ2v) is 12.9. The number of carbonyl (C=O) groups is 2. The van der Waals surface area contributed by atoms with Gasteiger partial charge in [-0.05, 0) is 69.1 Å². The molecule has 0 saturated heterocycles. The van der Waals surface area contributed by atoms with Crippen LogP contribution in [0.2, 0.25) is 5.02 Å². The van der Waals surface area contributed by atoms with Gasteiger partial charge in [0.15, 0.2) is 8.29 Å². The molecule has 2 aromatic carbocycles. The van der Waals surface area contributed by atoms with Crippen LogP contribution < -0.4 is 15.4 Å². The topological polar surface area (TPSA) is 111 Å². The van der Waals surface area contributed by atoms with E-state index in [-0.39, 0.29) is 29.4 Å². The molecule has 1 fully saturated rings. The summed E-state index contributed by atoms with van der Waals surface area (Å²) < 4.78 is 22.6. The van der Waals surface area contributed by atoms with Crippen molar-refractivity contribution < 1.29 is 18.7 Å². The van der Waals surface area contributed by atoms with E-state index in [1.165, 1.54) is 46.2 Å². The average Bonchev–Trinajstić information content (AvgIpc) is 3.56. The van der Waals surface area contributed by atoms with Crippen molar-refractivity contribution in [2.75, 3.05) is 16.4 Å². The van der Waals surface area contributed by atoms with Crippen LogP contribution in [-0.2, 0) is 16.1 Å². The summed E-state index contributed by atoms with van der Waals surface area (Å²) in [5, 5.41) is 11.2. The number of aromatic nitrogens is 4. The molecule has 1 aliphatic rings. The lowest BCUT2D eigenvalue weighted by Gasteiger charge is -2.18. The Kier molecular flexibility index (Phi) is 9.48. The normalized spacial score (nSPS) is 13.4. The standard InChI is InChI=1S/C27H26ClFN6O3S3/c1-15(36)8-9-40-26-34-35(27(39)41-26)13-24(37)33-22-11-18-21(12-23(22)38-17-4-2-3-5-17)30-14-31-25(18)32-16-6-7-20(29)19(28)10-16/h6-7,10-12,14,17H,2-5,8-9,13H2,1H3,(H,33,37)(H,30,31,32). The summed E-state index contributed by atoms with van der Waals surface area (Å²) in [5.41, 5.74) is 1.61. The Balaban J connectivity index is 1.41. The second-order valence-electron chi connectivity index (χ2n) is 9.51. The average molecular weight is 633 g/mol. The minimum atomic E-state index is -0.523. The number of nitrogens with one attached hydrogen (secondary N) is 2. The van der Waals surface area contributed by atoms with E-state index in [1.54, 1.807) is 25.1 Å². The highest BCUT2D eigenvalue weighted by Gasteiger charge is 2.21. The van der Waals surface area contributed by atoms with E-state index >= 15 is 0 Å².